The molecule has 0 aliphatic carbocycles. The number of aromatic amines is 1. The Hall–Kier alpha value is -4.26. The highest BCUT2D eigenvalue weighted by Gasteiger charge is 2.14. The number of ether oxygens (including phenoxy) is 1. The number of fused-ring (bicyclic) bond motifs is 1. The van der Waals surface area contributed by atoms with Crippen molar-refractivity contribution < 1.29 is 9.13 Å². The van der Waals surface area contributed by atoms with Crippen LogP contribution in [-0.2, 0) is 12.8 Å². The van der Waals surface area contributed by atoms with Crippen LogP contribution in [0.4, 0.5) is 10.2 Å². The summed E-state index contributed by atoms with van der Waals surface area (Å²) in [5.74, 6) is 0.347. The maximum Gasteiger partial charge on any atom is 0.216 e. The first kappa shape index (κ1) is 20.6. The van der Waals surface area contributed by atoms with Gasteiger partial charge in [-0.2, -0.15) is 0 Å². The van der Waals surface area contributed by atoms with Gasteiger partial charge in [-0.1, -0.05) is 30.3 Å². The summed E-state index contributed by atoms with van der Waals surface area (Å²) in [5, 5.41) is 1.08. The molecule has 5 aromatic rings. The van der Waals surface area contributed by atoms with Crippen molar-refractivity contribution in [1.29, 1.82) is 0 Å². The Morgan fingerprint density at radius 3 is 2.61 bits per heavy atom. The molecule has 0 fully saturated rings. The summed E-state index contributed by atoms with van der Waals surface area (Å²) in [6.45, 7) is 0. The van der Waals surface area contributed by atoms with E-state index in [4.69, 9.17) is 10.5 Å². The number of pyridine rings is 3. The molecule has 164 valence electrons. The van der Waals surface area contributed by atoms with Gasteiger partial charge in [-0.15, -0.1) is 0 Å². The molecule has 4 aromatic heterocycles. The molecule has 0 radical (unpaired) electrons. The summed E-state index contributed by atoms with van der Waals surface area (Å²) in [6, 6.07) is 15.7. The number of hydrogen-bond donors (Lipinski definition) is 2. The largest absolute Gasteiger partial charge is 0.481 e. The quantitative estimate of drug-likeness (QED) is 0.392. The Morgan fingerprint density at radius 1 is 0.939 bits per heavy atom. The van der Waals surface area contributed by atoms with Gasteiger partial charge in [0.05, 0.1) is 13.3 Å². The van der Waals surface area contributed by atoms with Crippen molar-refractivity contribution in [2.45, 2.75) is 12.8 Å². The van der Waals surface area contributed by atoms with Gasteiger partial charge in [-0.25, -0.2) is 19.3 Å². The number of H-pyrrole nitrogens is 1. The van der Waals surface area contributed by atoms with Crippen LogP contribution in [0.1, 0.15) is 22.3 Å². The molecular formula is C26H22FN5O. The average Bonchev–Trinajstić information content (AvgIpc) is 3.25. The van der Waals surface area contributed by atoms with Crippen molar-refractivity contribution in [3.05, 3.63) is 101 Å². The topological polar surface area (TPSA) is 89.7 Å². The maximum atomic E-state index is 13.8. The van der Waals surface area contributed by atoms with Crippen molar-refractivity contribution >= 4 is 16.9 Å². The summed E-state index contributed by atoms with van der Waals surface area (Å²) in [5.41, 5.74) is 12.8. The fraction of sp³-hybridized carbons (Fsp3) is 0.115. The maximum absolute atomic E-state index is 13.8. The molecule has 0 saturated heterocycles. The molecule has 7 heteroatoms. The van der Waals surface area contributed by atoms with E-state index < -0.39 is 5.82 Å². The van der Waals surface area contributed by atoms with Gasteiger partial charge < -0.3 is 15.5 Å². The molecule has 5 rings (SSSR count). The van der Waals surface area contributed by atoms with Crippen molar-refractivity contribution in [3.63, 3.8) is 0 Å². The number of benzene rings is 1. The third-order valence-electron chi connectivity index (χ3n) is 5.66. The first-order valence-corrected chi connectivity index (χ1v) is 10.5. The number of rotatable bonds is 6. The lowest BCUT2D eigenvalue weighted by Gasteiger charge is -2.11. The minimum absolute atomic E-state index is 0.366. The summed E-state index contributed by atoms with van der Waals surface area (Å²) < 4.78 is 19.1. The number of methoxy groups -OCH3 is 1. The number of nitrogens with one attached hydrogen (secondary N) is 1. The molecule has 0 spiro atoms. The van der Waals surface area contributed by atoms with E-state index in [-0.39, 0.29) is 0 Å². The van der Waals surface area contributed by atoms with Gasteiger partial charge in [-0.3, -0.25) is 0 Å². The number of halogens is 1. The van der Waals surface area contributed by atoms with Gasteiger partial charge in [0.2, 0.25) is 5.88 Å². The Labute approximate surface area is 190 Å². The second kappa shape index (κ2) is 8.70. The van der Waals surface area contributed by atoms with Crippen LogP contribution < -0.4 is 10.5 Å². The third kappa shape index (κ3) is 4.13. The highest BCUT2D eigenvalue weighted by atomic mass is 19.1. The van der Waals surface area contributed by atoms with Crippen molar-refractivity contribution in [3.8, 4) is 17.0 Å². The molecule has 0 atom stereocenters. The molecule has 33 heavy (non-hydrogen) atoms. The predicted octanol–water partition coefficient (Wildman–Crippen LogP) is 4.93. The number of nitrogen functional groups attached to an aromatic ring is 1. The third-order valence-corrected chi connectivity index (χ3v) is 5.66. The van der Waals surface area contributed by atoms with E-state index >= 15 is 0 Å². The summed E-state index contributed by atoms with van der Waals surface area (Å²) in [7, 11) is 1.51. The monoisotopic (exact) mass is 439 g/mol. The van der Waals surface area contributed by atoms with E-state index in [0.717, 1.165) is 45.0 Å². The van der Waals surface area contributed by atoms with E-state index in [1.165, 1.54) is 13.2 Å². The molecule has 1 aromatic carbocycles. The standard InChI is InChI=1S/C26H22FN5O/c1-33-26-19(12-21(27)15-32-26)11-18-9-16(13-30-24(18)28)10-20-14-31-25-23(20)22(7-8-29-25)17-5-3-2-4-6-17/h2-9,12-15H,10-11H2,1H3,(H2,28,30)(H,29,31). The normalized spacial score (nSPS) is 11.1. The Balaban J connectivity index is 1.51. The Bertz CT molecular complexity index is 1430. The number of aromatic nitrogens is 4. The number of anilines is 1. The molecule has 0 aliphatic heterocycles. The van der Waals surface area contributed by atoms with Crippen molar-refractivity contribution in [2.75, 3.05) is 12.8 Å². The first-order chi connectivity index (χ1) is 16.1. The lowest BCUT2D eigenvalue weighted by molar-refractivity contribution is 0.391. The SMILES string of the molecule is COc1ncc(F)cc1Cc1cc(Cc2c[nH]c3nccc(-c4ccccc4)c23)cnc1N. The van der Waals surface area contributed by atoms with E-state index in [1.54, 1.807) is 6.20 Å². The lowest BCUT2D eigenvalue weighted by atomic mass is 9.97. The predicted molar refractivity (Wildman–Crippen MR) is 127 cm³/mol. The second-order valence-electron chi connectivity index (χ2n) is 7.83. The molecule has 0 aliphatic rings. The zero-order valence-electron chi connectivity index (χ0n) is 18.0. The van der Waals surface area contributed by atoms with Crippen LogP contribution >= 0.6 is 0 Å². The molecule has 0 bridgehead atoms. The molecule has 6 nitrogen and oxygen atoms in total. The molecule has 3 N–H and O–H groups in total. The minimum Gasteiger partial charge on any atom is -0.481 e. The summed E-state index contributed by atoms with van der Waals surface area (Å²) in [6.07, 6.45) is 7.72. The lowest BCUT2D eigenvalue weighted by Crippen LogP contribution is -2.03. The van der Waals surface area contributed by atoms with Crippen LogP contribution in [0.3, 0.4) is 0 Å². The van der Waals surface area contributed by atoms with Crippen LogP contribution in [0.25, 0.3) is 22.2 Å². The zero-order valence-corrected chi connectivity index (χ0v) is 18.0. The van der Waals surface area contributed by atoms with Crippen LogP contribution in [0.5, 0.6) is 5.88 Å². The van der Waals surface area contributed by atoms with Gasteiger partial charge in [0.1, 0.15) is 17.3 Å². The van der Waals surface area contributed by atoms with Crippen LogP contribution in [-0.4, -0.2) is 27.0 Å². The average molecular weight is 439 g/mol. The molecule has 0 saturated carbocycles. The molecular weight excluding hydrogens is 417 g/mol. The van der Waals surface area contributed by atoms with Gasteiger partial charge in [0.25, 0.3) is 0 Å². The number of hydrogen-bond acceptors (Lipinski definition) is 5. The van der Waals surface area contributed by atoms with Gasteiger partial charge >= 0.3 is 0 Å². The second-order valence-corrected chi connectivity index (χ2v) is 7.83. The van der Waals surface area contributed by atoms with E-state index in [1.807, 2.05) is 42.7 Å². The van der Waals surface area contributed by atoms with Crippen LogP contribution in [0, 0.1) is 5.82 Å². The zero-order chi connectivity index (χ0) is 22.8. The van der Waals surface area contributed by atoms with Gasteiger partial charge in [0, 0.05) is 42.4 Å². The summed E-state index contributed by atoms with van der Waals surface area (Å²) >= 11 is 0. The minimum atomic E-state index is -0.423. The summed E-state index contributed by atoms with van der Waals surface area (Å²) in [4.78, 5) is 16.2. The number of nitrogens with two attached hydrogens (primary N) is 1. The smallest absolute Gasteiger partial charge is 0.216 e. The first-order valence-electron chi connectivity index (χ1n) is 10.5. The molecule has 0 amide bonds. The fourth-order valence-corrected chi connectivity index (χ4v) is 4.13. The van der Waals surface area contributed by atoms with Crippen LogP contribution in [0.15, 0.2) is 73.3 Å². The van der Waals surface area contributed by atoms with Gasteiger partial charge in [0.15, 0.2) is 0 Å². The van der Waals surface area contributed by atoms with Gasteiger partial charge in [-0.05, 0) is 46.0 Å². The Kier molecular flexibility index (Phi) is 5.44. The Morgan fingerprint density at radius 2 is 1.79 bits per heavy atom. The molecule has 0 unspecified atom stereocenters. The van der Waals surface area contributed by atoms with Crippen molar-refractivity contribution in [1.82, 2.24) is 19.9 Å². The molecule has 4 heterocycles. The highest BCUT2D eigenvalue weighted by molar-refractivity contribution is 5.95. The fourth-order valence-electron chi connectivity index (χ4n) is 4.13. The highest BCUT2D eigenvalue weighted by Crippen LogP contribution is 2.31. The van der Waals surface area contributed by atoms with Crippen LogP contribution in [0.2, 0.25) is 0 Å². The van der Waals surface area contributed by atoms with E-state index in [9.17, 15) is 4.39 Å². The van der Waals surface area contributed by atoms with E-state index in [2.05, 4.69) is 32.1 Å². The van der Waals surface area contributed by atoms with Crippen molar-refractivity contribution in [2.24, 2.45) is 0 Å². The number of nitrogens with zero attached hydrogens (tertiary/aromatic N) is 3. The van der Waals surface area contributed by atoms with E-state index in [0.29, 0.717) is 30.1 Å².